The summed E-state index contributed by atoms with van der Waals surface area (Å²) in [6, 6.07) is 5.15. The molecule has 1 atom stereocenters. The molecule has 0 saturated carbocycles. The van der Waals surface area contributed by atoms with Gasteiger partial charge in [0, 0.05) is 10.5 Å². The van der Waals surface area contributed by atoms with E-state index in [9.17, 15) is 9.90 Å². The van der Waals surface area contributed by atoms with Gasteiger partial charge in [-0.1, -0.05) is 18.2 Å². The standard InChI is InChI=1S/C9H10O2S/c1-6(11)8-4-2-3-7(5-10)9(8)12/h2-6,11-12H,1H3. The van der Waals surface area contributed by atoms with Crippen molar-refractivity contribution in [1.82, 2.24) is 0 Å². The molecule has 0 fully saturated rings. The minimum Gasteiger partial charge on any atom is -0.389 e. The van der Waals surface area contributed by atoms with E-state index in [2.05, 4.69) is 12.6 Å². The van der Waals surface area contributed by atoms with E-state index in [0.717, 1.165) is 6.29 Å². The predicted molar refractivity (Wildman–Crippen MR) is 49.7 cm³/mol. The summed E-state index contributed by atoms with van der Waals surface area (Å²) in [6.07, 6.45) is 0.145. The van der Waals surface area contributed by atoms with Crippen molar-refractivity contribution in [2.75, 3.05) is 0 Å². The van der Waals surface area contributed by atoms with Crippen LogP contribution in [-0.4, -0.2) is 11.4 Å². The number of benzene rings is 1. The molecule has 0 bridgehead atoms. The summed E-state index contributed by atoms with van der Waals surface area (Å²) >= 11 is 4.14. The summed E-state index contributed by atoms with van der Waals surface area (Å²) in [6.45, 7) is 1.64. The van der Waals surface area contributed by atoms with E-state index in [-0.39, 0.29) is 0 Å². The van der Waals surface area contributed by atoms with Crippen molar-refractivity contribution in [1.29, 1.82) is 0 Å². The van der Waals surface area contributed by atoms with Gasteiger partial charge in [0.1, 0.15) is 0 Å². The second-order valence-electron chi connectivity index (χ2n) is 2.58. The smallest absolute Gasteiger partial charge is 0.151 e. The summed E-state index contributed by atoms with van der Waals surface area (Å²) in [5.74, 6) is 0. The molecular weight excluding hydrogens is 172 g/mol. The van der Waals surface area contributed by atoms with Crippen molar-refractivity contribution in [3.05, 3.63) is 29.3 Å². The van der Waals surface area contributed by atoms with Gasteiger partial charge in [0.05, 0.1) is 6.10 Å². The average molecular weight is 182 g/mol. The zero-order valence-corrected chi connectivity index (χ0v) is 7.58. The van der Waals surface area contributed by atoms with Gasteiger partial charge in [0.25, 0.3) is 0 Å². The Balaban J connectivity index is 3.22. The van der Waals surface area contributed by atoms with Gasteiger partial charge in [-0.3, -0.25) is 4.79 Å². The Hall–Kier alpha value is -0.800. The SMILES string of the molecule is CC(O)c1cccc(C=O)c1S. The quantitative estimate of drug-likeness (QED) is 0.541. The number of hydrogen-bond acceptors (Lipinski definition) is 3. The van der Waals surface area contributed by atoms with Gasteiger partial charge in [0.15, 0.2) is 6.29 Å². The van der Waals surface area contributed by atoms with Crippen molar-refractivity contribution in [3.63, 3.8) is 0 Å². The van der Waals surface area contributed by atoms with Crippen LogP contribution in [0.5, 0.6) is 0 Å². The Morgan fingerprint density at radius 2 is 2.25 bits per heavy atom. The number of hydrogen-bond donors (Lipinski definition) is 2. The van der Waals surface area contributed by atoms with Crippen molar-refractivity contribution in [3.8, 4) is 0 Å². The van der Waals surface area contributed by atoms with Crippen LogP contribution >= 0.6 is 12.6 Å². The summed E-state index contributed by atoms with van der Waals surface area (Å²) in [7, 11) is 0. The maximum atomic E-state index is 10.5. The monoisotopic (exact) mass is 182 g/mol. The van der Waals surface area contributed by atoms with Crippen LogP contribution < -0.4 is 0 Å². The van der Waals surface area contributed by atoms with Gasteiger partial charge in [0.2, 0.25) is 0 Å². The molecule has 1 aromatic rings. The lowest BCUT2D eigenvalue weighted by atomic mass is 10.1. The number of carbonyl (C=O) groups is 1. The summed E-state index contributed by atoms with van der Waals surface area (Å²) in [4.78, 5) is 11.0. The van der Waals surface area contributed by atoms with Crippen molar-refractivity contribution in [2.24, 2.45) is 0 Å². The third-order valence-corrected chi connectivity index (χ3v) is 2.19. The fourth-order valence-corrected chi connectivity index (χ4v) is 1.40. The van der Waals surface area contributed by atoms with Crippen LogP contribution in [0.3, 0.4) is 0 Å². The average Bonchev–Trinajstić information content (AvgIpc) is 2.04. The highest BCUT2D eigenvalue weighted by atomic mass is 32.1. The van der Waals surface area contributed by atoms with E-state index in [1.54, 1.807) is 25.1 Å². The first-order chi connectivity index (χ1) is 5.66. The maximum Gasteiger partial charge on any atom is 0.151 e. The highest BCUT2D eigenvalue weighted by Crippen LogP contribution is 2.23. The predicted octanol–water partition coefficient (Wildman–Crippen LogP) is 1.84. The van der Waals surface area contributed by atoms with E-state index in [1.807, 2.05) is 0 Å². The second kappa shape index (κ2) is 3.74. The molecule has 64 valence electrons. The highest BCUT2D eigenvalue weighted by molar-refractivity contribution is 7.80. The van der Waals surface area contributed by atoms with Gasteiger partial charge in [-0.2, -0.15) is 0 Å². The minimum absolute atomic E-state index is 0.511. The van der Waals surface area contributed by atoms with Gasteiger partial charge in [-0.05, 0) is 12.5 Å². The Bertz CT molecular complexity index is 295. The van der Waals surface area contributed by atoms with Gasteiger partial charge in [-0.15, -0.1) is 12.6 Å². The highest BCUT2D eigenvalue weighted by Gasteiger charge is 2.07. The maximum absolute atomic E-state index is 10.5. The zero-order chi connectivity index (χ0) is 9.14. The number of aliphatic hydroxyl groups excluding tert-OH is 1. The zero-order valence-electron chi connectivity index (χ0n) is 6.69. The van der Waals surface area contributed by atoms with Crippen LogP contribution in [0, 0.1) is 0 Å². The van der Waals surface area contributed by atoms with Crippen molar-refractivity contribution in [2.45, 2.75) is 17.9 Å². The van der Waals surface area contributed by atoms with Crippen LogP contribution in [-0.2, 0) is 0 Å². The molecule has 0 heterocycles. The lowest BCUT2D eigenvalue weighted by molar-refractivity contribution is 0.112. The van der Waals surface area contributed by atoms with Crippen LogP contribution in [0.1, 0.15) is 28.9 Å². The number of aldehydes is 1. The fourth-order valence-electron chi connectivity index (χ4n) is 1.01. The van der Waals surface area contributed by atoms with Crippen LogP contribution in [0.2, 0.25) is 0 Å². The number of carbonyl (C=O) groups excluding carboxylic acids is 1. The van der Waals surface area contributed by atoms with Gasteiger partial charge < -0.3 is 5.11 Å². The number of thiol groups is 1. The van der Waals surface area contributed by atoms with E-state index in [0.29, 0.717) is 16.0 Å². The van der Waals surface area contributed by atoms with Crippen molar-refractivity contribution >= 4 is 18.9 Å². The molecule has 0 aliphatic heterocycles. The molecule has 1 aromatic carbocycles. The lowest BCUT2D eigenvalue weighted by Crippen LogP contribution is -1.95. The number of rotatable bonds is 2. The molecule has 0 amide bonds. The minimum atomic E-state index is -0.586. The normalized spacial score (nSPS) is 12.6. The topological polar surface area (TPSA) is 37.3 Å². The Morgan fingerprint density at radius 3 is 2.75 bits per heavy atom. The third kappa shape index (κ3) is 1.68. The molecule has 1 rings (SSSR count). The molecule has 0 radical (unpaired) electrons. The van der Waals surface area contributed by atoms with Crippen LogP contribution in [0.4, 0.5) is 0 Å². The molecule has 1 N–H and O–H groups in total. The van der Waals surface area contributed by atoms with Crippen LogP contribution in [0.25, 0.3) is 0 Å². The molecular formula is C9H10O2S. The number of aliphatic hydroxyl groups is 1. The second-order valence-corrected chi connectivity index (χ2v) is 3.03. The Kier molecular flexibility index (Phi) is 2.89. The van der Waals surface area contributed by atoms with Gasteiger partial charge >= 0.3 is 0 Å². The van der Waals surface area contributed by atoms with E-state index in [1.165, 1.54) is 0 Å². The molecule has 1 unspecified atom stereocenters. The molecule has 0 spiro atoms. The molecule has 12 heavy (non-hydrogen) atoms. The van der Waals surface area contributed by atoms with Crippen molar-refractivity contribution < 1.29 is 9.90 Å². The first-order valence-corrected chi connectivity index (χ1v) is 4.06. The molecule has 0 aliphatic carbocycles. The summed E-state index contributed by atoms with van der Waals surface area (Å²) < 4.78 is 0. The van der Waals surface area contributed by atoms with E-state index < -0.39 is 6.10 Å². The largest absolute Gasteiger partial charge is 0.389 e. The molecule has 2 nitrogen and oxygen atoms in total. The molecule has 3 heteroatoms. The summed E-state index contributed by atoms with van der Waals surface area (Å²) in [5.41, 5.74) is 1.19. The fraction of sp³-hybridized carbons (Fsp3) is 0.222. The van der Waals surface area contributed by atoms with Crippen LogP contribution in [0.15, 0.2) is 23.1 Å². The van der Waals surface area contributed by atoms with Gasteiger partial charge in [-0.25, -0.2) is 0 Å². The Labute approximate surface area is 76.6 Å². The lowest BCUT2D eigenvalue weighted by Gasteiger charge is -2.08. The Morgan fingerprint density at radius 1 is 1.58 bits per heavy atom. The first-order valence-electron chi connectivity index (χ1n) is 3.62. The molecule has 0 saturated heterocycles. The van der Waals surface area contributed by atoms with E-state index >= 15 is 0 Å². The molecule has 0 aliphatic rings. The van der Waals surface area contributed by atoms with E-state index in [4.69, 9.17) is 0 Å². The molecule has 0 aromatic heterocycles. The third-order valence-electron chi connectivity index (χ3n) is 1.68. The first kappa shape index (κ1) is 9.29. The summed E-state index contributed by atoms with van der Waals surface area (Å²) in [5, 5.41) is 9.26.